The fourth-order valence-corrected chi connectivity index (χ4v) is 2.97. The standard InChI is InChI=1S/C17H22O7S/c1-3-5-14-15(8-7-13(11(2)18)17(14)21)24-9-4-6-12(25(22)23)10-16(19)20/h3,7-8,12,21H,1,4-6,9-10H2,2H3,(H,19,20)(H,22,23)/p-1. The first-order valence-corrected chi connectivity index (χ1v) is 8.81. The number of carboxylic acids is 1. The van der Waals surface area contributed by atoms with E-state index >= 15 is 0 Å². The van der Waals surface area contributed by atoms with Crippen LogP contribution < -0.4 is 4.74 Å². The van der Waals surface area contributed by atoms with E-state index in [2.05, 4.69) is 6.58 Å². The highest BCUT2D eigenvalue weighted by Crippen LogP contribution is 2.32. The van der Waals surface area contributed by atoms with Gasteiger partial charge in [0.25, 0.3) is 0 Å². The molecule has 0 radical (unpaired) electrons. The van der Waals surface area contributed by atoms with Crippen molar-refractivity contribution in [1.82, 2.24) is 0 Å². The minimum atomic E-state index is -2.47. The van der Waals surface area contributed by atoms with Crippen LogP contribution in [0.5, 0.6) is 11.5 Å². The molecule has 0 saturated heterocycles. The van der Waals surface area contributed by atoms with E-state index < -0.39 is 28.7 Å². The summed E-state index contributed by atoms with van der Waals surface area (Å²) in [6.07, 6.45) is 1.89. The average Bonchev–Trinajstić information content (AvgIpc) is 2.52. The highest BCUT2D eigenvalue weighted by Gasteiger charge is 2.17. The van der Waals surface area contributed by atoms with Gasteiger partial charge in [-0.25, -0.2) is 0 Å². The van der Waals surface area contributed by atoms with Crippen LogP contribution in [0.1, 0.15) is 42.1 Å². The topological polar surface area (TPSA) is 124 Å². The molecule has 8 heteroatoms. The Morgan fingerprint density at radius 2 is 2.12 bits per heavy atom. The Bertz CT molecular complexity index is 669. The van der Waals surface area contributed by atoms with Crippen molar-refractivity contribution in [1.29, 1.82) is 0 Å². The Hall–Kier alpha value is -2.19. The molecule has 0 spiro atoms. The van der Waals surface area contributed by atoms with E-state index in [9.17, 15) is 23.5 Å². The quantitative estimate of drug-likeness (QED) is 0.265. The second kappa shape index (κ2) is 9.95. The number of phenolic OH excluding ortho intramolecular Hbond substituents is 1. The molecule has 1 rings (SSSR count). The van der Waals surface area contributed by atoms with Gasteiger partial charge in [-0.1, -0.05) is 17.2 Å². The Balaban J connectivity index is 2.75. The first kappa shape index (κ1) is 20.9. The van der Waals surface area contributed by atoms with Crippen molar-refractivity contribution in [2.45, 2.75) is 37.9 Å². The zero-order valence-corrected chi connectivity index (χ0v) is 14.7. The van der Waals surface area contributed by atoms with Crippen LogP contribution in [0.2, 0.25) is 0 Å². The van der Waals surface area contributed by atoms with Crippen LogP contribution in [0.3, 0.4) is 0 Å². The van der Waals surface area contributed by atoms with Crippen LogP contribution >= 0.6 is 0 Å². The third-order valence-corrected chi connectivity index (χ3v) is 4.52. The number of carbonyl (C=O) groups is 2. The Kier molecular flexibility index (Phi) is 8.30. The molecule has 2 atom stereocenters. The molecular weight excluding hydrogens is 348 g/mol. The van der Waals surface area contributed by atoms with E-state index in [1.165, 1.54) is 13.0 Å². The van der Waals surface area contributed by atoms with Gasteiger partial charge < -0.3 is 19.5 Å². The molecule has 0 aliphatic carbocycles. The first-order chi connectivity index (χ1) is 11.8. The van der Waals surface area contributed by atoms with E-state index in [1.807, 2.05) is 0 Å². The van der Waals surface area contributed by atoms with Gasteiger partial charge in [0.05, 0.1) is 18.6 Å². The number of allylic oxidation sites excluding steroid dienone is 1. The number of Topliss-reactive ketones (excluding diaryl/α,β-unsaturated/α-hetero) is 1. The number of phenols is 1. The van der Waals surface area contributed by atoms with Crippen LogP contribution in [-0.4, -0.2) is 42.6 Å². The summed E-state index contributed by atoms with van der Waals surface area (Å²) in [7, 11) is 0. The van der Waals surface area contributed by atoms with Crippen molar-refractivity contribution in [3.63, 3.8) is 0 Å². The highest BCUT2D eigenvalue weighted by molar-refractivity contribution is 7.79. The van der Waals surface area contributed by atoms with Gasteiger partial charge in [0.15, 0.2) is 5.78 Å². The molecule has 0 heterocycles. The average molecular weight is 369 g/mol. The summed E-state index contributed by atoms with van der Waals surface area (Å²) in [5, 5.41) is 17.9. The summed E-state index contributed by atoms with van der Waals surface area (Å²) in [6, 6.07) is 3.02. The molecule has 0 aliphatic rings. The molecule has 0 bridgehead atoms. The lowest BCUT2D eigenvalue weighted by Gasteiger charge is -2.18. The van der Waals surface area contributed by atoms with Crippen molar-refractivity contribution < 1.29 is 33.3 Å². The summed E-state index contributed by atoms with van der Waals surface area (Å²) >= 11 is -2.47. The van der Waals surface area contributed by atoms with Gasteiger partial charge in [0.1, 0.15) is 11.5 Å². The van der Waals surface area contributed by atoms with Crippen molar-refractivity contribution in [2.75, 3.05) is 6.61 Å². The zero-order valence-electron chi connectivity index (χ0n) is 13.9. The van der Waals surface area contributed by atoms with Crippen LogP contribution in [0.25, 0.3) is 0 Å². The molecule has 0 aliphatic heterocycles. The monoisotopic (exact) mass is 369 g/mol. The third-order valence-electron chi connectivity index (χ3n) is 3.57. The van der Waals surface area contributed by atoms with E-state index in [4.69, 9.17) is 9.84 Å². The summed E-state index contributed by atoms with van der Waals surface area (Å²) in [5.74, 6) is -1.23. The van der Waals surface area contributed by atoms with Gasteiger partial charge in [-0.2, -0.15) is 0 Å². The maximum Gasteiger partial charge on any atom is 0.304 e. The minimum Gasteiger partial charge on any atom is -0.772 e. The molecule has 2 unspecified atom stereocenters. The molecule has 0 fully saturated rings. The normalized spacial score (nSPS) is 13.0. The zero-order chi connectivity index (χ0) is 19.0. The maximum atomic E-state index is 11.5. The SMILES string of the molecule is C=CCc1c(OCCCC(CC(=O)O)S(=O)[O-])ccc(C(C)=O)c1O. The van der Waals surface area contributed by atoms with Gasteiger partial charge in [0.2, 0.25) is 0 Å². The van der Waals surface area contributed by atoms with Gasteiger partial charge in [-0.15, -0.1) is 6.58 Å². The molecule has 7 nitrogen and oxygen atoms in total. The van der Waals surface area contributed by atoms with Crippen LogP contribution in [0.4, 0.5) is 0 Å². The van der Waals surface area contributed by atoms with Crippen LogP contribution in [0, 0.1) is 0 Å². The minimum absolute atomic E-state index is 0.149. The van der Waals surface area contributed by atoms with Gasteiger partial charge in [-0.3, -0.25) is 13.8 Å². The molecule has 1 aromatic rings. The molecule has 138 valence electrons. The molecule has 25 heavy (non-hydrogen) atoms. The van der Waals surface area contributed by atoms with Gasteiger partial charge in [-0.05, 0) is 38.3 Å². The third kappa shape index (κ3) is 6.32. The number of carbonyl (C=O) groups excluding carboxylic acids is 1. The lowest BCUT2D eigenvalue weighted by molar-refractivity contribution is -0.137. The summed E-state index contributed by atoms with van der Waals surface area (Å²) in [6.45, 7) is 5.10. The van der Waals surface area contributed by atoms with E-state index in [0.29, 0.717) is 24.2 Å². The predicted molar refractivity (Wildman–Crippen MR) is 91.7 cm³/mol. The number of hydrogen-bond acceptors (Lipinski definition) is 6. The second-order valence-corrected chi connectivity index (χ2v) is 6.65. The van der Waals surface area contributed by atoms with Crippen molar-refractivity contribution in [3.8, 4) is 11.5 Å². The molecule has 1 aromatic carbocycles. The van der Waals surface area contributed by atoms with Crippen molar-refractivity contribution >= 4 is 22.8 Å². The number of aromatic hydroxyl groups is 1. The number of ketones is 1. The smallest absolute Gasteiger partial charge is 0.304 e. The Morgan fingerprint density at radius 3 is 2.64 bits per heavy atom. The molecule has 0 aromatic heterocycles. The van der Waals surface area contributed by atoms with Gasteiger partial charge in [0, 0.05) is 10.8 Å². The molecule has 0 amide bonds. The molecular formula is C17H21O7S-. The number of benzene rings is 1. The lowest BCUT2D eigenvalue weighted by Crippen LogP contribution is -2.20. The predicted octanol–water partition coefficient (Wildman–Crippen LogP) is 2.20. The van der Waals surface area contributed by atoms with Crippen LogP contribution in [0.15, 0.2) is 24.8 Å². The summed E-state index contributed by atoms with van der Waals surface area (Å²) in [5.41, 5.74) is 0.615. The van der Waals surface area contributed by atoms with Crippen LogP contribution in [-0.2, 0) is 22.3 Å². The number of ether oxygens (including phenoxy) is 1. The highest BCUT2D eigenvalue weighted by atomic mass is 32.2. The van der Waals surface area contributed by atoms with E-state index in [1.54, 1.807) is 12.1 Å². The molecule has 2 N–H and O–H groups in total. The number of aliphatic carboxylic acids is 1. The number of hydrogen-bond donors (Lipinski definition) is 2. The fraction of sp³-hybridized carbons (Fsp3) is 0.412. The van der Waals surface area contributed by atoms with Crippen molar-refractivity contribution in [3.05, 3.63) is 35.9 Å². The van der Waals surface area contributed by atoms with E-state index in [-0.39, 0.29) is 30.1 Å². The van der Waals surface area contributed by atoms with Crippen molar-refractivity contribution in [2.24, 2.45) is 0 Å². The fourth-order valence-electron chi connectivity index (χ4n) is 2.33. The number of rotatable bonds is 11. The van der Waals surface area contributed by atoms with E-state index in [0.717, 1.165) is 0 Å². The molecule has 0 saturated carbocycles. The first-order valence-electron chi connectivity index (χ1n) is 7.67. The Labute approximate surface area is 148 Å². The lowest BCUT2D eigenvalue weighted by atomic mass is 10.0. The Morgan fingerprint density at radius 1 is 1.44 bits per heavy atom. The second-order valence-electron chi connectivity index (χ2n) is 5.46. The largest absolute Gasteiger partial charge is 0.772 e. The number of carboxylic acid groups (broad SMARTS) is 1. The maximum absolute atomic E-state index is 11.5. The summed E-state index contributed by atoms with van der Waals surface area (Å²) in [4.78, 5) is 22.1. The van der Waals surface area contributed by atoms with Gasteiger partial charge >= 0.3 is 5.97 Å². The summed E-state index contributed by atoms with van der Waals surface area (Å²) < 4.78 is 27.6.